The minimum absolute atomic E-state index is 0.139. The van der Waals surface area contributed by atoms with E-state index in [1.165, 1.54) is 14.0 Å². The molecular formula is C10H12O6. The predicted octanol–water partition coefficient (Wildman–Crippen LogP) is -0.180. The zero-order valence-corrected chi connectivity index (χ0v) is 9.02. The standard InChI is InChI=1S/C10H12O6/c1-5(2)8(11)16-7-6(9(12)14-3)4-15-10(7)13/h6-7H,1,4H2,2-3H3. The summed E-state index contributed by atoms with van der Waals surface area (Å²) in [6.07, 6.45) is -1.24. The summed E-state index contributed by atoms with van der Waals surface area (Å²) in [6.45, 7) is 4.67. The normalized spacial score (nSPS) is 23.5. The minimum atomic E-state index is -1.24. The predicted molar refractivity (Wildman–Crippen MR) is 51.2 cm³/mol. The molecule has 1 heterocycles. The molecule has 0 aromatic heterocycles. The van der Waals surface area contributed by atoms with Crippen LogP contribution in [0.2, 0.25) is 0 Å². The Balaban J connectivity index is 2.74. The molecule has 1 rings (SSSR count). The van der Waals surface area contributed by atoms with Gasteiger partial charge in [-0.3, -0.25) is 4.79 Å². The second-order valence-electron chi connectivity index (χ2n) is 3.37. The lowest BCUT2D eigenvalue weighted by molar-refractivity contribution is -0.162. The highest BCUT2D eigenvalue weighted by Gasteiger charge is 2.45. The highest BCUT2D eigenvalue weighted by molar-refractivity contribution is 5.92. The molecule has 6 nitrogen and oxygen atoms in total. The molecule has 1 aliphatic heterocycles. The van der Waals surface area contributed by atoms with Gasteiger partial charge in [-0.05, 0) is 6.92 Å². The van der Waals surface area contributed by atoms with E-state index in [2.05, 4.69) is 16.1 Å². The van der Waals surface area contributed by atoms with E-state index in [-0.39, 0.29) is 12.2 Å². The SMILES string of the molecule is C=C(C)C(=O)OC1C(=O)OCC1C(=O)OC. The van der Waals surface area contributed by atoms with Crippen LogP contribution in [0.25, 0.3) is 0 Å². The molecular weight excluding hydrogens is 216 g/mol. The van der Waals surface area contributed by atoms with Gasteiger partial charge in [0.15, 0.2) is 0 Å². The molecule has 2 unspecified atom stereocenters. The molecule has 0 saturated carbocycles. The second-order valence-corrected chi connectivity index (χ2v) is 3.37. The number of ether oxygens (including phenoxy) is 3. The Morgan fingerprint density at radius 3 is 2.62 bits per heavy atom. The Hall–Kier alpha value is -1.85. The summed E-state index contributed by atoms with van der Waals surface area (Å²) < 4.78 is 13.9. The molecule has 0 radical (unpaired) electrons. The number of carbonyl (C=O) groups is 3. The number of methoxy groups -OCH3 is 1. The first-order valence-electron chi connectivity index (χ1n) is 4.58. The Bertz CT molecular complexity index is 345. The smallest absolute Gasteiger partial charge is 0.348 e. The van der Waals surface area contributed by atoms with Gasteiger partial charge >= 0.3 is 17.9 Å². The molecule has 6 heteroatoms. The van der Waals surface area contributed by atoms with Gasteiger partial charge in [-0.15, -0.1) is 0 Å². The van der Waals surface area contributed by atoms with Gasteiger partial charge in [0.25, 0.3) is 0 Å². The Labute approximate surface area is 92.2 Å². The van der Waals surface area contributed by atoms with Crippen LogP contribution in [0.5, 0.6) is 0 Å². The summed E-state index contributed by atoms with van der Waals surface area (Å²) in [6, 6.07) is 0. The van der Waals surface area contributed by atoms with Crippen molar-refractivity contribution in [1.82, 2.24) is 0 Å². The van der Waals surface area contributed by atoms with Crippen LogP contribution in [0.1, 0.15) is 6.92 Å². The molecule has 0 amide bonds. The largest absolute Gasteiger partial charge is 0.469 e. The summed E-state index contributed by atoms with van der Waals surface area (Å²) in [5.74, 6) is -3.03. The number of esters is 3. The van der Waals surface area contributed by atoms with Gasteiger partial charge in [0.05, 0.1) is 7.11 Å². The fourth-order valence-electron chi connectivity index (χ4n) is 1.19. The fraction of sp³-hybridized carbons (Fsp3) is 0.500. The first kappa shape index (κ1) is 12.2. The van der Waals surface area contributed by atoms with Gasteiger partial charge in [0, 0.05) is 5.57 Å². The van der Waals surface area contributed by atoms with E-state index in [1.54, 1.807) is 0 Å². The summed E-state index contributed by atoms with van der Waals surface area (Å²) in [5.41, 5.74) is 0.142. The Kier molecular flexibility index (Phi) is 3.65. The zero-order chi connectivity index (χ0) is 12.3. The van der Waals surface area contributed by atoms with Gasteiger partial charge in [-0.1, -0.05) is 6.58 Å². The van der Waals surface area contributed by atoms with E-state index in [0.29, 0.717) is 0 Å². The number of hydrogen-bond acceptors (Lipinski definition) is 6. The van der Waals surface area contributed by atoms with E-state index in [1.807, 2.05) is 0 Å². The second kappa shape index (κ2) is 4.78. The van der Waals surface area contributed by atoms with Gasteiger partial charge in [-0.2, -0.15) is 0 Å². The van der Waals surface area contributed by atoms with E-state index in [0.717, 1.165) is 0 Å². The van der Waals surface area contributed by atoms with E-state index < -0.39 is 29.9 Å². The van der Waals surface area contributed by atoms with Crippen LogP contribution in [0.3, 0.4) is 0 Å². The monoisotopic (exact) mass is 228 g/mol. The maximum atomic E-state index is 11.3. The number of hydrogen-bond donors (Lipinski definition) is 0. The Morgan fingerprint density at radius 2 is 2.12 bits per heavy atom. The van der Waals surface area contributed by atoms with Crippen LogP contribution in [0, 0.1) is 5.92 Å². The van der Waals surface area contributed by atoms with Crippen molar-refractivity contribution in [3.63, 3.8) is 0 Å². The summed E-state index contributed by atoms with van der Waals surface area (Å²) in [7, 11) is 1.18. The first-order chi connectivity index (χ1) is 7.47. The topological polar surface area (TPSA) is 78.9 Å². The number of rotatable bonds is 3. The highest BCUT2D eigenvalue weighted by Crippen LogP contribution is 2.20. The molecule has 16 heavy (non-hydrogen) atoms. The van der Waals surface area contributed by atoms with Crippen molar-refractivity contribution < 1.29 is 28.6 Å². The number of cyclic esters (lactones) is 1. The maximum absolute atomic E-state index is 11.3. The van der Waals surface area contributed by atoms with Gasteiger partial charge in [-0.25, -0.2) is 9.59 Å². The lowest BCUT2D eigenvalue weighted by Crippen LogP contribution is -2.34. The van der Waals surface area contributed by atoms with Gasteiger partial charge in [0.2, 0.25) is 6.10 Å². The molecule has 1 fully saturated rings. The average Bonchev–Trinajstić information content (AvgIpc) is 2.59. The van der Waals surface area contributed by atoms with Crippen molar-refractivity contribution in [3.8, 4) is 0 Å². The lowest BCUT2D eigenvalue weighted by Gasteiger charge is -2.13. The molecule has 1 aliphatic rings. The van der Waals surface area contributed by atoms with Crippen LogP contribution in [0.4, 0.5) is 0 Å². The molecule has 1 saturated heterocycles. The zero-order valence-electron chi connectivity index (χ0n) is 9.02. The summed E-state index contributed by atoms with van der Waals surface area (Å²) in [4.78, 5) is 33.7. The quantitative estimate of drug-likeness (QED) is 0.379. The van der Waals surface area contributed by atoms with Crippen molar-refractivity contribution in [2.24, 2.45) is 5.92 Å². The van der Waals surface area contributed by atoms with Crippen LogP contribution in [-0.2, 0) is 28.6 Å². The van der Waals surface area contributed by atoms with Crippen molar-refractivity contribution in [3.05, 3.63) is 12.2 Å². The van der Waals surface area contributed by atoms with Crippen molar-refractivity contribution >= 4 is 17.9 Å². The van der Waals surface area contributed by atoms with Crippen molar-refractivity contribution in [1.29, 1.82) is 0 Å². The van der Waals surface area contributed by atoms with Crippen LogP contribution >= 0.6 is 0 Å². The molecule has 0 spiro atoms. The molecule has 0 aliphatic carbocycles. The molecule has 0 aromatic carbocycles. The van der Waals surface area contributed by atoms with Crippen LogP contribution in [0.15, 0.2) is 12.2 Å². The van der Waals surface area contributed by atoms with Gasteiger partial charge < -0.3 is 14.2 Å². The van der Waals surface area contributed by atoms with E-state index >= 15 is 0 Å². The third-order valence-corrected chi connectivity index (χ3v) is 2.09. The molecule has 0 N–H and O–H groups in total. The van der Waals surface area contributed by atoms with Crippen LogP contribution in [-0.4, -0.2) is 37.7 Å². The van der Waals surface area contributed by atoms with Gasteiger partial charge in [0.1, 0.15) is 12.5 Å². The number of carbonyl (C=O) groups excluding carboxylic acids is 3. The molecule has 0 aromatic rings. The first-order valence-corrected chi connectivity index (χ1v) is 4.58. The third-order valence-electron chi connectivity index (χ3n) is 2.09. The maximum Gasteiger partial charge on any atom is 0.348 e. The molecule has 2 atom stereocenters. The van der Waals surface area contributed by atoms with Crippen molar-refractivity contribution in [2.75, 3.05) is 13.7 Å². The molecule has 88 valence electrons. The molecule has 0 bridgehead atoms. The summed E-state index contributed by atoms with van der Waals surface area (Å²) >= 11 is 0. The third kappa shape index (κ3) is 2.39. The summed E-state index contributed by atoms with van der Waals surface area (Å²) in [5, 5.41) is 0. The fourth-order valence-corrected chi connectivity index (χ4v) is 1.19. The Morgan fingerprint density at radius 1 is 1.50 bits per heavy atom. The van der Waals surface area contributed by atoms with Crippen LogP contribution < -0.4 is 0 Å². The van der Waals surface area contributed by atoms with E-state index in [9.17, 15) is 14.4 Å². The lowest BCUT2D eigenvalue weighted by atomic mass is 10.1. The van der Waals surface area contributed by atoms with Crippen molar-refractivity contribution in [2.45, 2.75) is 13.0 Å². The minimum Gasteiger partial charge on any atom is -0.469 e. The highest BCUT2D eigenvalue weighted by atomic mass is 16.6. The average molecular weight is 228 g/mol. The van der Waals surface area contributed by atoms with E-state index in [4.69, 9.17) is 4.74 Å².